The highest BCUT2D eigenvalue weighted by Gasteiger charge is 2.35. The summed E-state index contributed by atoms with van der Waals surface area (Å²) in [5.74, 6) is 0. The molecule has 38 heavy (non-hydrogen) atoms. The number of alkyl halides is 1. The van der Waals surface area contributed by atoms with E-state index in [2.05, 4.69) is 0 Å². The molecule has 1 N–H and O–H groups in total. The maximum atomic E-state index is 12.5. The molecule has 0 aliphatic carbocycles. The fraction of sp³-hybridized carbons (Fsp3) is 0.310. The number of halogens is 1. The lowest BCUT2D eigenvalue weighted by atomic mass is 10.1. The van der Waals surface area contributed by atoms with Gasteiger partial charge in [0.25, 0.3) is 10.1 Å². The van der Waals surface area contributed by atoms with Gasteiger partial charge in [0.15, 0.2) is 0 Å². The molecule has 3 rings (SSSR count). The topological polar surface area (TPSA) is 91.3 Å². The molecular formula is C29H33ClO7S. The Balaban J connectivity index is 1.87. The molecule has 0 saturated carbocycles. The lowest BCUT2D eigenvalue weighted by Crippen LogP contribution is -2.45. The van der Waals surface area contributed by atoms with Crippen LogP contribution >= 0.6 is 11.6 Å². The van der Waals surface area contributed by atoms with Crippen molar-refractivity contribution in [1.29, 1.82) is 0 Å². The van der Waals surface area contributed by atoms with Crippen LogP contribution in [0.2, 0.25) is 0 Å². The number of aliphatic hydroxyl groups excluding tert-OH is 1. The zero-order valence-corrected chi connectivity index (χ0v) is 22.5. The van der Waals surface area contributed by atoms with Crippen molar-refractivity contribution >= 4 is 21.7 Å². The summed E-state index contributed by atoms with van der Waals surface area (Å²) in [7, 11) is -4.09. The molecule has 3 aromatic carbocycles. The molecule has 204 valence electrons. The van der Waals surface area contributed by atoms with Crippen molar-refractivity contribution < 1.29 is 31.9 Å². The Kier molecular flexibility index (Phi) is 13.0. The van der Waals surface area contributed by atoms with E-state index in [-0.39, 0.29) is 33.0 Å². The molecule has 3 aromatic rings. The van der Waals surface area contributed by atoms with Gasteiger partial charge in [-0.25, -0.2) is 0 Å². The van der Waals surface area contributed by atoms with Crippen LogP contribution in [0, 0.1) is 0 Å². The van der Waals surface area contributed by atoms with Crippen molar-refractivity contribution in [2.75, 3.05) is 18.4 Å². The Hall–Kier alpha value is -2.56. The molecular weight excluding hydrogens is 528 g/mol. The first kappa shape index (κ1) is 30.0. The molecule has 0 heterocycles. The van der Waals surface area contributed by atoms with Crippen molar-refractivity contribution in [2.45, 2.75) is 38.1 Å². The largest absolute Gasteiger partial charge is 0.392 e. The second kappa shape index (κ2) is 16.4. The quantitative estimate of drug-likeness (QED) is 0.144. The van der Waals surface area contributed by atoms with Crippen LogP contribution in [-0.4, -0.2) is 50.3 Å². The van der Waals surface area contributed by atoms with E-state index in [0.29, 0.717) is 0 Å². The average molecular weight is 561 g/mol. The smallest absolute Gasteiger partial charge is 0.281 e. The lowest BCUT2D eigenvalue weighted by Gasteiger charge is -2.32. The van der Waals surface area contributed by atoms with Gasteiger partial charge in [-0.15, -0.1) is 11.6 Å². The predicted molar refractivity (Wildman–Crippen MR) is 147 cm³/mol. The Bertz CT molecular complexity index is 1180. The van der Waals surface area contributed by atoms with Crippen LogP contribution in [0.3, 0.4) is 0 Å². The number of benzene rings is 3. The molecule has 0 aliphatic rings. The van der Waals surface area contributed by atoms with Gasteiger partial charge in [-0.1, -0.05) is 103 Å². The van der Waals surface area contributed by atoms with Gasteiger partial charge in [-0.05, 0) is 16.7 Å². The summed E-state index contributed by atoms with van der Waals surface area (Å²) < 4.78 is 48.8. The lowest BCUT2D eigenvalue weighted by molar-refractivity contribution is -0.124. The highest BCUT2D eigenvalue weighted by Crippen LogP contribution is 2.21. The van der Waals surface area contributed by atoms with Crippen molar-refractivity contribution in [3.05, 3.63) is 120 Å². The molecule has 0 amide bonds. The maximum absolute atomic E-state index is 12.5. The van der Waals surface area contributed by atoms with Gasteiger partial charge in [0.1, 0.15) is 23.5 Å². The van der Waals surface area contributed by atoms with E-state index in [9.17, 15) is 13.5 Å². The number of hydrogen-bond donors (Lipinski definition) is 1. The molecule has 0 aliphatic heterocycles. The fourth-order valence-electron chi connectivity index (χ4n) is 3.66. The van der Waals surface area contributed by atoms with Crippen LogP contribution in [-0.2, 0) is 48.3 Å². The van der Waals surface area contributed by atoms with Gasteiger partial charge in [0.05, 0.1) is 33.0 Å². The number of hydrogen-bond acceptors (Lipinski definition) is 7. The first-order chi connectivity index (χ1) is 18.5. The molecule has 3 atom stereocenters. The van der Waals surface area contributed by atoms with Gasteiger partial charge in [-0.3, -0.25) is 4.18 Å². The minimum atomic E-state index is -4.09. The predicted octanol–water partition coefficient (Wildman–Crippen LogP) is 4.83. The highest BCUT2D eigenvalue weighted by atomic mass is 35.5. The maximum Gasteiger partial charge on any atom is 0.281 e. The second-order valence-corrected chi connectivity index (χ2v) is 10.6. The third kappa shape index (κ3) is 10.7. The van der Waals surface area contributed by atoms with Crippen LogP contribution in [0.25, 0.3) is 0 Å². The third-order valence-corrected chi connectivity index (χ3v) is 7.10. The Morgan fingerprint density at radius 1 is 0.763 bits per heavy atom. The first-order valence-electron chi connectivity index (χ1n) is 12.2. The molecule has 0 unspecified atom stereocenters. The first-order valence-corrected chi connectivity index (χ1v) is 14.3. The van der Waals surface area contributed by atoms with Crippen LogP contribution in [0.15, 0.2) is 103 Å². The minimum Gasteiger partial charge on any atom is -0.392 e. The third-order valence-electron chi connectivity index (χ3n) is 5.49. The van der Waals surface area contributed by atoms with Gasteiger partial charge < -0.3 is 19.3 Å². The van der Waals surface area contributed by atoms with Crippen LogP contribution < -0.4 is 0 Å². The minimum absolute atomic E-state index is 0.109. The highest BCUT2D eigenvalue weighted by molar-refractivity contribution is 7.87. The summed E-state index contributed by atoms with van der Waals surface area (Å²) in [5.41, 5.74) is 2.72. The molecule has 0 aromatic heterocycles. The standard InChI is InChI=1S/C29H33ClO7S/c30-23-38(32,33)37-28(22-34-19-24-11-4-1-5-12-24)29(36-21-26-15-8-3-9-16-26)27(17-10-18-31)35-20-25-13-6-2-7-14-25/h1-17,27-29,31H,18-23H2/b17-10+/t27-,28+,29-/m1/s1. The summed E-state index contributed by atoms with van der Waals surface area (Å²) in [4.78, 5) is 0. The summed E-state index contributed by atoms with van der Waals surface area (Å²) in [6.45, 7) is 0.305. The normalized spacial score (nSPS) is 14.4. The Labute approximate surface area is 229 Å². The van der Waals surface area contributed by atoms with Gasteiger partial charge in [0.2, 0.25) is 0 Å². The van der Waals surface area contributed by atoms with E-state index in [4.69, 9.17) is 30.0 Å². The van der Waals surface area contributed by atoms with Crippen LogP contribution in [0.5, 0.6) is 0 Å². The van der Waals surface area contributed by atoms with E-state index in [1.165, 1.54) is 6.08 Å². The monoisotopic (exact) mass is 560 g/mol. The molecule has 0 spiro atoms. The van der Waals surface area contributed by atoms with E-state index < -0.39 is 33.6 Å². The van der Waals surface area contributed by atoms with Crippen LogP contribution in [0.1, 0.15) is 16.7 Å². The van der Waals surface area contributed by atoms with Crippen molar-refractivity contribution in [2.24, 2.45) is 0 Å². The molecule has 0 fully saturated rings. The van der Waals surface area contributed by atoms with E-state index in [1.54, 1.807) is 6.08 Å². The molecule has 0 radical (unpaired) electrons. The van der Waals surface area contributed by atoms with E-state index >= 15 is 0 Å². The van der Waals surface area contributed by atoms with Crippen molar-refractivity contribution in [3.8, 4) is 0 Å². The Morgan fingerprint density at radius 3 is 1.76 bits per heavy atom. The summed E-state index contributed by atoms with van der Waals surface area (Å²) in [6.07, 6.45) is 0.374. The van der Waals surface area contributed by atoms with Gasteiger partial charge in [0, 0.05) is 0 Å². The molecule has 7 nitrogen and oxygen atoms in total. The zero-order chi connectivity index (χ0) is 27.1. The summed E-state index contributed by atoms with van der Waals surface area (Å²) in [6, 6.07) is 28.5. The van der Waals surface area contributed by atoms with Crippen molar-refractivity contribution in [1.82, 2.24) is 0 Å². The van der Waals surface area contributed by atoms with Gasteiger partial charge in [-0.2, -0.15) is 8.42 Å². The van der Waals surface area contributed by atoms with Crippen molar-refractivity contribution in [3.63, 3.8) is 0 Å². The molecule has 0 bridgehead atoms. The Morgan fingerprint density at radius 2 is 1.26 bits per heavy atom. The van der Waals surface area contributed by atoms with Crippen LogP contribution in [0.4, 0.5) is 0 Å². The fourth-order valence-corrected chi connectivity index (χ4v) is 4.41. The SMILES string of the molecule is O=S(=O)(CCl)O[C@@H](COCc1ccccc1)[C@H](OCc1ccccc1)[C@@H](/C=C/CO)OCc1ccccc1. The summed E-state index contributed by atoms with van der Waals surface area (Å²) >= 11 is 5.68. The molecule has 0 saturated heterocycles. The summed E-state index contributed by atoms with van der Waals surface area (Å²) in [5, 5.41) is 8.74. The number of ether oxygens (including phenoxy) is 3. The number of rotatable bonds is 17. The molecule has 9 heteroatoms. The van der Waals surface area contributed by atoms with E-state index in [0.717, 1.165) is 16.7 Å². The van der Waals surface area contributed by atoms with E-state index in [1.807, 2.05) is 91.0 Å². The van der Waals surface area contributed by atoms with Gasteiger partial charge >= 0.3 is 0 Å². The number of aliphatic hydroxyl groups is 1. The second-order valence-electron chi connectivity index (χ2n) is 8.44. The average Bonchev–Trinajstić information content (AvgIpc) is 2.95. The zero-order valence-electron chi connectivity index (χ0n) is 21.0.